The van der Waals surface area contributed by atoms with E-state index in [4.69, 9.17) is 19.9 Å². The van der Waals surface area contributed by atoms with Gasteiger partial charge in [0.2, 0.25) is 0 Å². The zero-order valence-corrected chi connectivity index (χ0v) is 14.5. The van der Waals surface area contributed by atoms with Crippen LogP contribution in [0.1, 0.15) is 38.1 Å². The van der Waals surface area contributed by atoms with Crippen molar-refractivity contribution in [1.29, 1.82) is 5.26 Å². The lowest BCUT2D eigenvalue weighted by Gasteiger charge is -2.07. The summed E-state index contributed by atoms with van der Waals surface area (Å²) in [6.45, 7) is 1.60. The third-order valence-corrected chi connectivity index (χ3v) is 4.32. The molecule has 130 valence electrons. The predicted molar refractivity (Wildman–Crippen MR) is 91.5 cm³/mol. The third-order valence-electron chi connectivity index (χ3n) is 3.28. The summed E-state index contributed by atoms with van der Waals surface area (Å²) >= 11 is 0.939. The molecule has 0 aliphatic rings. The van der Waals surface area contributed by atoms with Crippen molar-refractivity contribution in [2.75, 3.05) is 19.5 Å². The van der Waals surface area contributed by atoms with E-state index in [0.29, 0.717) is 11.3 Å². The first kappa shape index (κ1) is 18.3. The molecule has 2 N–H and O–H groups in total. The minimum absolute atomic E-state index is 0.121. The number of carbonyl (C=O) groups is 2. The van der Waals surface area contributed by atoms with Crippen LogP contribution in [0, 0.1) is 11.3 Å². The van der Waals surface area contributed by atoms with Gasteiger partial charge in [0.25, 0.3) is 0 Å². The first-order valence-corrected chi connectivity index (χ1v) is 8.13. The fraction of sp³-hybridized carbons (Fsp3) is 0.235. The van der Waals surface area contributed by atoms with Crippen LogP contribution in [-0.2, 0) is 16.1 Å². The summed E-state index contributed by atoms with van der Waals surface area (Å²) in [6.07, 6.45) is 0. The largest absolute Gasteiger partial charge is 0.497 e. The second kappa shape index (κ2) is 8.17. The Kier molecular flexibility index (Phi) is 5.98. The molecule has 0 aliphatic heterocycles. The molecular formula is C17H16N2O5S. The third kappa shape index (κ3) is 4.08. The SMILES string of the molecule is CCOC(=O)c1sc(N)c(C#N)c1COC(=O)c1ccc(OC)cc1. The molecule has 0 atom stereocenters. The Hall–Kier alpha value is -3.05. The van der Waals surface area contributed by atoms with Gasteiger partial charge in [-0.2, -0.15) is 5.26 Å². The Morgan fingerprint density at radius 3 is 2.44 bits per heavy atom. The maximum Gasteiger partial charge on any atom is 0.348 e. The van der Waals surface area contributed by atoms with Crippen molar-refractivity contribution in [2.45, 2.75) is 13.5 Å². The molecule has 2 rings (SSSR count). The Morgan fingerprint density at radius 2 is 1.88 bits per heavy atom. The zero-order chi connectivity index (χ0) is 18.4. The van der Waals surface area contributed by atoms with E-state index >= 15 is 0 Å². The van der Waals surface area contributed by atoms with Crippen molar-refractivity contribution in [3.05, 3.63) is 45.8 Å². The van der Waals surface area contributed by atoms with Crippen LogP contribution in [0.15, 0.2) is 24.3 Å². The minimum Gasteiger partial charge on any atom is -0.497 e. The molecule has 7 nitrogen and oxygen atoms in total. The molecule has 0 unspecified atom stereocenters. The first-order chi connectivity index (χ1) is 12.0. The van der Waals surface area contributed by atoms with Gasteiger partial charge in [-0.05, 0) is 31.2 Å². The van der Waals surface area contributed by atoms with Gasteiger partial charge in [-0.3, -0.25) is 0 Å². The van der Waals surface area contributed by atoms with Crippen LogP contribution in [0.25, 0.3) is 0 Å². The summed E-state index contributed by atoms with van der Waals surface area (Å²) < 4.78 is 15.2. The number of rotatable bonds is 6. The van der Waals surface area contributed by atoms with Crippen molar-refractivity contribution in [3.8, 4) is 11.8 Å². The number of esters is 2. The quantitative estimate of drug-likeness (QED) is 0.788. The van der Waals surface area contributed by atoms with Crippen molar-refractivity contribution in [1.82, 2.24) is 0 Å². The molecule has 0 amide bonds. The average molecular weight is 360 g/mol. The number of ether oxygens (including phenoxy) is 3. The van der Waals surface area contributed by atoms with Crippen LogP contribution in [0.3, 0.4) is 0 Å². The molecule has 25 heavy (non-hydrogen) atoms. The summed E-state index contributed by atoms with van der Waals surface area (Å²) in [5, 5.41) is 9.42. The lowest BCUT2D eigenvalue weighted by atomic mass is 10.1. The number of thiophene rings is 1. The van der Waals surface area contributed by atoms with E-state index in [0.717, 1.165) is 11.3 Å². The molecule has 2 aromatic rings. The molecule has 0 fully saturated rings. The molecule has 0 saturated carbocycles. The summed E-state index contributed by atoms with van der Waals surface area (Å²) in [7, 11) is 1.52. The standard InChI is InChI=1S/C17H16N2O5S/c1-3-23-17(21)14-13(12(8-18)15(19)25-14)9-24-16(20)10-4-6-11(22-2)7-5-10/h4-7H,3,9,19H2,1-2H3. The Balaban J connectivity index is 2.20. The van der Waals surface area contributed by atoms with Crippen LogP contribution in [0.4, 0.5) is 5.00 Å². The van der Waals surface area contributed by atoms with Crippen molar-refractivity contribution < 1.29 is 23.8 Å². The highest BCUT2D eigenvalue weighted by atomic mass is 32.1. The highest BCUT2D eigenvalue weighted by Crippen LogP contribution is 2.32. The molecule has 0 bridgehead atoms. The number of nitriles is 1. The van der Waals surface area contributed by atoms with E-state index in [2.05, 4.69) is 0 Å². The number of anilines is 1. The van der Waals surface area contributed by atoms with E-state index in [-0.39, 0.29) is 34.2 Å². The van der Waals surface area contributed by atoms with Crippen molar-refractivity contribution in [3.63, 3.8) is 0 Å². The summed E-state index contributed by atoms with van der Waals surface area (Å²) in [4.78, 5) is 24.3. The molecule has 0 aliphatic carbocycles. The highest BCUT2D eigenvalue weighted by Gasteiger charge is 2.24. The zero-order valence-electron chi connectivity index (χ0n) is 13.7. The van der Waals surface area contributed by atoms with E-state index < -0.39 is 11.9 Å². The van der Waals surface area contributed by atoms with Gasteiger partial charge < -0.3 is 19.9 Å². The normalized spacial score (nSPS) is 9.96. The predicted octanol–water partition coefficient (Wildman–Crippen LogP) is 2.74. The van der Waals surface area contributed by atoms with E-state index in [1.54, 1.807) is 31.2 Å². The summed E-state index contributed by atoms with van der Waals surface area (Å²) in [6, 6.07) is 8.30. The van der Waals surface area contributed by atoms with Crippen LogP contribution in [-0.4, -0.2) is 25.7 Å². The van der Waals surface area contributed by atoms with E-state index in [9.17, 15) is 14.9 Å². The number of hydrogen-bond donors (Lipinski definition) is 1. The summed E-state index contributed by atoms with van der Waals surface area (Å²) in [5.74, 6) is -0.583. The maximum atomic E-state index is 12.1. The molecule has 1 aromatic heterocycles. The number of nitrogens with two attached hydrogens (primary N) is 1. The number of carbonyl (C=O) groups excluding carboxylic acids is 2. The number of hydrogen-bond acceptors (Lipinski definition) is 8. The number of benzene rings is 1. The molecular weight excluding hydrogens is 344 g/mol. The van der Waals surface area contributed by atoms with Crippen molar-refractivity contribution >= 4 is 28.3 Å². The molecule has 0 radical (unpaired) electrons. The first-order valence-electron chi connectivity index (χ1n) is 7.31. The van der Waals surface area contributed by atoms with Crippen molar-refractivity contribution in [2.24, 2.45) is 0 Å². The summed E-state index contributed by atoms with van der Waals surface area (Å²) in [5.41, 5.74) is 6.47. The van der Waals surface area contributed by atoms with Crippen LogP contribution in [0.5, 0.6) is 5.75 Å². The second-order valence-electron chi connectivity index (χ2n) is 4.79. The van der Waals surface area contributed by atoms with Crippen LogP contribution >= 0.6 is 11.3 Å². The number of methoxy groups -OCH3 is 1. The van der Waals surface area contributed by atoms with Gasteiger partial charge in [-0.1, -0.05) is 0 Å². The average Bonchev–Trinajstić information content (AvgIpc) is 2.95. The lowest BCUT2D eigenvalue weighted by Crippen LogP contribution is -2.10. The lowest BCUT2D eigenvalue weighted by molar-refractivity contribution is 0.0452. The molecule has 8 heteroatoms. The number of nitrogens with zero attached hydrogens (tertiary/aromatic N) is 1. The van der Waals surface area contributed by atoms with Gasteiger partial charge in [0.1, 0.15) is 28.3 Å². The van der Waals surface area contributed by atoms with Gasteiger partial charge in [0.15, 0.2) is 0 Å². The Morgan fingerprint density at radius 1 is 1.20 bits per heavy atom. The molecule has 0 spiro atoms. The van der Waals surface area contributed by atoms with Crippen LogP contribution in [0.2, 0.25) is 0 Å². The monoisotopic (exact) mass is 360 g/mol. The topological polar surface area (TPSA) is 112 Å². The molecule has 1 heterocycles. The van der Waals surface area contributed by atoms with E-state index in [1.165, 1.54) is 7.11 Å². The Bertz CT molecular complexity index is 821. The van der Waals surface area contributed by atoms with Gasteiger partial charge in [-0.25, -0.2) is 9.59 Å². The second-order valence-corrected chi connectivity index (χ2v) is 5.84. The highest BCUT2D eigenvalue weighted by molar-refractivity contribution is 7.18. The molecule has 1 aromatic carbocycles. The van der Waals surface area contributed by atoms with Gasteiger partial charge in [-0.15, -0.1) is 11.3 Å². The smallest absolute Gasteiger partial charge is 0.348 e. The van der Waals surface area contributed by atoms with Gasteiger partial charge in [0.05, 0.1) is 24.8 Å². The fourth-order valence-electron chi connectivity index (χ4n) is 2.05. The fourth-order valence-corrected chi connectivity index (χ4v) is 2.97. The van der Waals surface area contributed by atoms with Gasteiger partial charge >= 0.3 is 11.9 Å². The molecule has 0 saturated heterocycles. The van der Waals surface area contributed by atoms with E-state index in [1.807, 2.05) is 6.07 Å². The number of nitrogen functional groups attached to an aromatic ring is 1. The Labute approximate surface area is 148 Å². The maximum absolute atomic E-state index is 12.1. The minimum atomic E-state index is -0.601. The van der Waals surface area contributed by atoms with Crippen LogP contribution < -0.4 is 10.5 Å². The van der Waals surface area contributed by atoms with Gasteiger partial charge in [0, 0.05) is 5.56 Å².